The van der Waals surface area contributed by atoms with E-state index < -0.39 is 11.1 Å². The molecule has 3 aromatic heterocycles. The summed E-state index contributed by atoms with van der Waals surface area (Å²) in [6.07, 6.45) is 5.61. The summed E-state index contributed by atoms with van der Waals surface area (Å²) in [6, 6.07) is 13.0. The Morgan fingerprint density at radius 2 is 2.08 bits per heavy atom. The van der Waals surface area contributed by atoms with Crippen molar-refractivity contribution in [3.8, 4) is 11.4 Å². The van der Waals surface area contributed by atoms with Gasteiger partial charge in [-0.1, -0.05) is 23.4 Å². The number of aryl methyl sites for hydroxylation is 1. The molecule has 10 nitrogen and oxygen atoms in total. The van der Waals surface area contributed by atoms with Gasteiger partial charge in [0.25, 0.3) is 11.8 Å². The predicted octanol–water partition coefficient (Wildman–Crippen LogP) is 4.79. The minimum atomic E-state index is -0.632. The van der Waals surface area contributed by atoms with Crippen LogP contribution in [0.3, 0.4) is 0 Å². The summed E-state index contributed by atoms with van der Waals surface area (Å²) in [7, 11) is 0. The number of carbonyl (C=O) groups is 2. The largest absolute Gasteiger partial charge is 0.444 e. The van der Waals surface area contributed by atoms with Crippen molar-refractivity contribution in [2.75, 3.05) is 11.9 Å². The van der Waals surface area contributed by atoms with Gasteiger partial charge in [0.15, 0.2) is 5.65 Å². The van der Waals surface area contributed by atoms with Gasteiger partial charge in [-0.3, -0.25) is 14.1 Å². The van der Waals surface area contributed by atoms with Crippen LogP contribution in [0.25, 0.3) is 17.0 Å². The highest BCUT2D eigenvalue weighted by Gasteiger charge is 2.62. The number of ether oxygens (including phenoxy) is 1. The smallest absolute Gasteiger partial charge is 0.411 e. The van der Waals surface area contributed by atoms with E-state index in [1.165, 1.54) is 6.20 Å². The average Bonchev–Trinajstić information content (AvgIpc) is 3.39. The van der Waals surface area contributed by atoms with Crippen LogP contribution in [-0.4, -0.2) is 48.6 Å². The van der Waals surface area contributed by atoms with E-state index >= 15 is 0 Å². The van der Waals surface area contributed by atoms with Crippen molar-refractivity contribution in [2.45, 2.75) is 58.1 Å². The topological polar surface area (TPSA) is 115 Å². The number of benzene rings is 1. The molecule has 0 unspecified atom stereocenters. The molecule has 2 aliphatic rings. The van der Waals surface area contributed by atoms with Crippen LogP contribution in [0.1, 0.15) is 62.0 Å². The van der Waals surface area contributed by atoms with Crippen molar-refractivity contribution in [1.29, 1.82) is 0 Å². The van der Waals surface area contributed by atoms with Gasteiger partial charge in [-0.15, -0.1) is 0 Å². The molecular weight excluding hydrogens is 484 g/mol. The number of carbonyl (C=O) groups excluding carboxylic acids is 2. The molecule has 10 heteroatoms. The Morgan fingerprint density at radius 3 is 2.79 bits per heavy atom. The number of nitrogens with one attached hydrogen (secondary N) is 1. The van der Waals surface area contributed by atoms with Gasteiger partial charge in [0, 0.05) is 30.1 Å². The van der Waals surface area contributed by atoms with E-state index in [1.54, 1.807) is 21.6 Å². The Bertz CT molecular complexity index is 1550. The minimum absolute atomic E-state index is 0.269. The van der Waals surface area contributed by atoms with Crippen molar-refractivity contribution in [2.24, 2.45) is 5.92 Å². The second-order valence-corrected chi connectivity index (χ2v) is 10.9. The SMILES string of the molecule is Cc1ccc(-c2noc([C@@]3(C4CC4)CCN3C(=O)OC(C)(C)C)n2)cc1NC(=O)c1cnc2c#cccn12. The second-order valence-electron chi connectivity index (χ2n) is 10.9. The number of anilines is 1. The first-order valence-corrected chi connectivity index (χ1v) is 12.7. The van der Waals surface area contributed by atoms with Gasteiger partial charge in [0.1, 0.15) is 16.8 Å². The molecule has 1 saturated heterocycles. The van der Waals surface area contributed by atoms with Crippen molar-refractivity contribution in [1.82, 2.24) is 24.4 Å². The third-order valence-electron chi connectivity index (χ3n) is 7.13. The van der Waals surface area contributed by atoms with Crippen molar-refractivity contribution < 1.29 is 18.8 Å². The third kappa shape index (κ3) is 4.04. The molecule has 194 valence electrons. The molecule has 0 radical (unpaired) electrons. The highest BCUT2D eigenvalue weighted by molar-refractivity contribution is 6.04. The summed E-state index contributed by atoms with van der Waals surface area (Å²) in [5.41, 5.74) is 1.87. The van der Waals surface area contributed by atoms with E-state index in [-0.39, 0.29) is 17.9 Å². The molecule has 0 bridgehead atoms. The first kappa shape index (κ1) is 24.0. The molecular formula is C28H28N6O4. The standard InChI is InChI=1S/C28H28N6O4/c1-17-8-9-18(15-20(17)30-24(35)21-16-29-22-7-5-6-13-33(21)22)23-31-25(38-32-23)28(19-10-11-19)12-14-34(28)26(36)37-27(2,3)4/h6,8-9,13,15-16,19H,10-12,14H2,1-4H3,(H,30,35)/t28-/m0/s1. The van der Waals surface area contributed by atoms with Crippen molar-refractivity contribution in [3.05, 3.63) is 65.9 Å². The van der Waals surface area contributed by atoms with E-state index in [1.807, 2.05) is 45.9 Å². The fourth-order valence-electron chi connectivity index (χ4n) is 5.01. The molecule has 38 heavy (non-hydrogen) atoms. The quantitative estimate of drug-likeness (QED) is 0.409. The molecule has 4 aromatic rings. The maximum absolute atomic E-state index is 13.1. The highest BCUT2D eigenvalue weighted by atomic mass is 16.6. The normalized spacial score (nSPS) is 19.1. The zero-order valence-electron chi connectivity index (χ0n) is 21.7. The van der Waals surface area contributed by atoms with Crippen LogP contribution in [-0.2, 0) is 10.3 Å². The predicted molar refractivity (Wildman–Crippen MR) is 137 cm³/mol. The Morgan fingerprint density at radius 1 is 1.26 bits per heavy atom. The van der Waals surface area contributed by atoms with Gasteiger partial charge in [-0.05, 0) is 70.6 Å². The first-order chi connectivity index (χ1) is 18.2. The van der Waals surface area contributed by atoms with Crippen LogP contribution >= 0.6 is 0 Å². The summed E-state index contributed by atoms with van der Waals surface area (Å²) < 4.78 is 13.1. The molecule has 1 atom stereocenters. The maximum atomic E-state index is 13.1. The summed E-state index contributed by atoms with van der Waals surface area (Å²) in [6.45, 7) is 8.06. The fourth-order valence-corrected chi connectivity index (χ4v) is 5.01. The summed E-state index contributed by atoms with van der Waals surface area (Å²) in [5.74, 6) is 0.787. The van der Waals surface area contributed by atoms with E-state index in [4.69, 9.17) is 14.2 Å². The number of amides is 2. The third-order valence-corrected chi connectivity index (χ3v) is 7.13. The van der Waals surface area contributed by atoms with Gasteiger partial charge >= 0.3 is 6.09 Å². The van der Waals surface area contributed by atoms with Crippen LogP contribution in [0.2, 0.25) is 0 Å². The number of fused-ring (bicyclic) bond motifs is 1. The average molecular weight is 513 g/mol. The summed E-state index contributed by atoms with van der Waals surface area (Å²) in [5, 5.41) is 7.22. The highest BCUT2D eigenvalue weighted by Crippen LogP contribution is 2.56. The molecule has 1 N–H and O–H groups in total. The lowest BCUT2D eigenvalue weighted by molar-refractivity contribution is -0.0718. The lowest BCUT2D eigenvalue weighted by Crippen LogP contribution is -2.62. The van der Waals surface area contributed by atoms with Crippen LogP contribution in [0.15, 0.2) is 41.2 Å². The number of aromatic nitrogens is 4. The molecule has 1 aliphatic carbocycles. The van der Waals surface area contributed by atoms with Crippen LogP contribution in [0, 0.1) is 25.0 Å². The Labute approximate surface area is 220 Å². The molecule has 0 spiro atoms. The number of imidazole rings is 1. The van der Waals surface area contributed by atoms with Crippen LogP contribution < -0.4 is 5.32 Å². The van der Waals surface area contributed by atoms with Gasteiger partial charge in [-0.2, -0.15) is 4.98 Å². The molecule has 1 aliphatic heterocycles. The molecule has 4 heterocycles. The lowest BCUT2D eigenvalue weighted by Gasteiger charge is -2.50. The zero-order chi connectivity index (χ0) is 26.7. The number of rotatable bonds is 5. The Hall–Kier alpha value is -4.39. The van der Waals surface area contributed by atoms with Gasteiger partial charge in [-0.25, -0.2) is 9.78 Å². The van der Waals surface area contributed by atoms with E-state index in [0.717, 1.165) is 24.8 Å². The summed E-state index contributed by atoms with van der Waals surface area (Å²) in [4.78, 5) is 36.7. The number of likely N-dealkylation sites (tertiary alicyclic amines) is 1. The molecule has 2 amide bonds. The molecule has 1 saturated carbocycles. The Balaban J connectivity index is 1.27. The fraction of sp³-hybridized carbons (Fsp3) is 0.393. The molecule has 6 rings (SSSR count). The van der Waals surface area contributed by atoms with Crippen molar-refractivity contribution in [3.63, 3.8) is 0 Å². The summed E-state index contributed by atoms with van der Waals surface area (Å²) >= 11 is 0. The second kappa shape index (κ2) is 8.58. The number of nitrogens with zero attached hydrogens (tertiary/aromatic N) is 5. The number of hydrogen-bond donors (Lipinski definition) is 1. The maximum Gasteiger partial charge on any atom is 0.411 e. The lowest BCUT2D eigenvalue weighted by atomic mass is 9.80. The van der Waals surface area contributed by atoms with Crippen molar-refractivity contribution >= 4 is 23.3 Å². The van der Waals surface area contributed by atoms with Gasteiger partial charge in [0.05, 0.1) is 6.20 Å². The zero-order valence-corrected chi connectivity index (χ0v) is 21.7. The van der Waals surface area contributed by atoms with Crippen LogP contribution in [0.5, 0.6) is 0 Å². The van der Waals surface area contributed by atoms with E-state index in [9.17, 15) is 9.59 Å². The van der Waals surface area contributed by atoms with Gasteiger partial charge < -0.3 is 14.6 Å². The molecule has 2 fully saturated rings. The number of hydrogen-bond acceptors (Lipinski definition) is 7. The Kier molecular flexibility index (Phi) is 5.42. The first-order valence-electron chi connectivity index (χ1n) is 12.7. The minimum Gasteiger partial charge on any atom is -0.444 e. The molecule has 1 aromatic carbocycles. The van der Waals surface area contributed by atoms with E-state index in [2.05, 4.69) is 27.6 Å². The van der Waals surface area contributed by atoms with Crippen LogP contribution in [0.4, 0.5) is 10.5 Å². The monoisotopic (exact) mass is 512 g/mol. The van der Waals surface area contributed by atoms with Gasteiger partial charge in [0.2, 0.25) is 5.82 Å². The van der Waals surface area contributed by atoms with E-state index in [0.29, 0.717) is 40.9 Å².